The number of thiophene rings is 1. The largest absolute Gasteiger partial charge is 0.416 e. The van der Waals surface area contributed by atoms with Crippen LogP contribution >= 0.6 is 11.3 Å². The summed E-state index contributed by atoms with van der Waals surface area (Å²) in [6.45, 7) is 0. The Hall–Kier alpha value is -1.33. The van der Waals surface area contributed by atoms with Gasteiger partial charge in [0, 0.05) is 9.75 Å². The van der Waals surface area contributed by atoms with Gasteiger partial charge in [-0.15, -0.1) is 11.3 Å². The number of fused-ring (bicyclic) bond motifs is 1. The third-order valence-corrected chi connectivity index (χ3v) is 5.22. The summed E-state index contributed by atoms with van der Waals surface area (Å²) in [5.41, 5.74) is 1.05. The average molecular weight is 311 g/mol. The van der Waals surface area contributed by atoms with E-state index in [0.717, 1.165) is 30.2 Å². The van der Waals surface area contributed by atoms with Crippen molar-refractivity contribution in [3.63, 3.8) is 0 Å². The summed E-state index contributed by atoms with van der Waals surface area (Å²) in [5.74, 6) is 0. The van der Waals surface area contributed by atoms with E-state index in [4.69, 9.17) is 0 Å². The molecule has 112 valence electrons. The van der Waals surface area contributed by atoms with Gasteiger partial charge < -0.3 is 5.32 Å². The number of nitrogens with one attached hydrogen (secondary N) is 1. The Labute approximate surface area is 125 Å². The lowest BCUT2D eigenvalue weighted by atomic mass is 9.98. The van der Waals surface area contributed by atoms with Gasteiger partial charge in [-0.05, 0) is 49.6 Å². The molecular weight excluding hydrogens is 295 g/mol. The highest BCUT2D eigenvalue weighted by Gasteiger charge is 2.35. The number of halogens is 3. The van der Waals surface area contributed by atoms with Crippen molar-refractivity contribution >= 4 is 11.3 Å². The number of benzene rings is 1. The molecule has 1 aliphatic carbocycles. The lowest BCUT2D eigenvalue weighted by Gasteiger charge is -2.20. The van der Waals surface area contributed by atoms with Crippen LogP contribution in [-0.2, 0) is 19.0 Å². The normalized spacial score (nSPS) is 16.0. The molecule has 0 aliphatic heterocycles. The summed E-state index contributed by atoms with van der Waals surface area (Å²) in [6, 6.07) is 7.49. The summed E-state index contributed by atoms with van der Waals surface area (Å²) >= 11 is 1.64. The zero-order chi connectivity index (χ0) is 15.0. The SMILES string of the molecule is CNC(c1cc2c(s1)CCC2)c1ccccc1C(F)(F)F. The topological polar surface area (TPSA) is 12.0 Å². The monoisotopic (exact) mass is 311 g/mol. The molecule has 0 saturated heterocycles. The predicted molar refractivity (Wildman–Crippen MR) is 78.7 cm³/mol. The van der Waals surface area contributed by atoms with E-state index >= 15 is 0 Å². The predicted octanol–water partition coefficient (Wildman–Crippen LogP) is 4.56. The quantitative estimate of drug-likeness (QED) is 0.876. The minimum absolute atomic E-state index is 0.299. The first kappa shape index (κ1) is 14.6. The van der Waals surface area contributed by atoms with Gasteiger partial charge in [-0.25, -0.2) is 0 Å². The van der Waals surface area contributed by atoms with E-state index in [0.29, 0.717) is 5.56 Å². The Balaban J connectivity index is 2.04. The highest BCUT2D eigenvalue weighted by atomic mass is 32.1. The number of hydrogen-bond donors (Lipinski definition) is 1. The molecule has 1 atom stereocenters. The van der Waals surface area contributed by atoms with E-state index in [1.165, 1.54) is 16.5 Å². The average Bonchev–Trinajstić information content (AvgIpc) is 3.00. The van der Waals surface area contributed by atoms with Crippen LogP contribution in [0.15, 0.2) is 30.3 Å². The molecule has 0 saturated carbocycles. The summed E-state index contributed by atoms with van der Waals surface area (Å²) in [6.07, 6.45) is -1.07. The molecule has 1 aliphatic rings. The van der Waals surface area contributed by atoms with E-state index in [1.54, 1.807) is 30.5 Å². The molecule has 1 N–H and O–H groups in total. The molecule has 1 heterocycles. The molecule has 0 fully saturated rings. The van der Waals surface area contributed by atoms with Crippen LogP contribution in [0, 0.1) is 0 Å². The minimum Gasteiger partial charge on any atom is -0.309 e. The standard InChI is InChI=1S/C16H16F3NS/c1-20-15(14-9-10-5-4-8-13(10)21-14)11-6-2-3-7-12(11)16(17,18)19/h2-3,6-7,9,15,20H,4-5,8H2,1H3. The fraction of sp³-hybridized carbons (Fsp3) is 0.375. The van der Waals surface area contributed by atoms with Gasteiger partial charge in [-0.2, -0.15) is 13.2 Å². The molecule has 1 aromatic heterocycles. The molecule has 21 heavy (non-hydrogen) atoms. The second-order valence-electron chi connectivity index (χ2n) is 5.26. The van der Waals surface area contributed by atoms with E-state index in [2.05, 4.69) is 11.4 Å². The van der Waals surface area contributed by atoms with Gasteiger partial charge >= 0.3 is 6.18 Å². The van der Waals surface area contributed by atoms with Crippen LogP contribution < -0.4 is 5.32 Å². The molecule has 3 rings (SSSR count). The van der Waals surface area contributed by atoms with Crippen molar-refractivity contribution < 1.29 is 13.2 Å². The molecule has 1 unspecified atom stereocenters. The number of aryl methyl sites for hydroxylation is 2. The number of rotatable bonds is 3. The Bertz CT molecular complexity index is 624. The second-order valence-corrected chi connectivity index (χ2v) is 6.43. The molecule has 2 aromatic rings. The molecule has 1 aromatic carbocycles. The Morgan fingerprint density at radius 1 is 1.19 bits per heavy atom. The van der Waals surface area contributed by atoms with Crippen LogP contribution in [0.4, 0.5) is 13.2 Å². The smallest absolute Gasteiger partial charge is 0.309 e. The van der Waals surface area contributed by atoms with Crippen LogP contribution in [0.2, 0.25) is 0 Å². The summed E-state index contributed by atoms with van der Waals surface area (Å²) in [5, 5.41) is 3.05. The van der Waals surface area contributed by atoms with Crippen LogP contribution in [0.25, 0.3) is 0 Å². The molecule has 1 nitrogen and oxygen atoms in total. The van der Waals surface area contributed by atoms with Gasteiger partial charge in [0.15, 0.2) is 0 Å². The number of hydrogen-bond acceptors (Lipinski definition) is 2. The lowest BCUT2D eigenvalue weighted by Crippen LogP contribution is -2.21. The molecule has 0 spiro atoms. The zero-order valence-electron chi connectivity index (χ0n) is 11.6. The molecule has 0 bridgehead atoms. The maximum atomic E-state index is 13.2. The van der Waals surface area contributed by atoms with Gasteiger partial charge in [-0.1, -0.05) is 18.2 Å². The van der Waals surface area contributed by atoms with Crippen molar-refractivity contribution in [3.8, 4) is 0 Å². The van der Waals surface area contributed by atoms with Crippen molar-refractivity contribution in [2.75, 3.05) is 7.05 Å². The van der Waals surface area contributed by atoms with Gasteiger partial charge in [0.1, 0.15) is 0 Å². The molecule has 0 radical (unpaired) electrons. The first-order chi connectivity index (χ1) is 10.0. The van der Waals surface area contributed by atoms with Crippen LogP contribution in [0.1, 0.15) is 38.9 Å². The highest BCUT2D eigenvalue weighted by molar-refractivity contribution is 7.12. The summed E-state index contributed by atoms with van der Waals surface area (Å²) in [4.78, 5) is 2.30. The van der Waals surface area contributed by atoms with E-state index in [-0.39, 0.29) is 0 Å². The fourth-order valence-electron chi connectivity index (χ4n) is 2.95. The first-order valence-corrected chi connectivity index (χ1v) is 7.77. The maximum Gasteiger partial charge on any atom is 0.416 e. The Kier molecular flexibility index (Phi) is 3.80. The number of alkyl halides is 3. The molecule has 0 amide bonds. The minimum atomic E-state index is -4.33. The summed E-state index contributed by atoms with van der Waals surface area (Å²) < 4.78 is 39.6. The fourth-order valence-corrected chi connectivity index (χ4v) is 4.34. The van der Waals surface area contributed by atoms with E-state index < -0.39 is 17.8 Å². The van der Waals surface area contributed by atoms with Crippen molar-refractivity contribution in [1.29, 1.82) is 0 Å². The van der Waals surface area contributed by atoms with Gasteiger partial charge in [0.2, 0.25) is 0 Å². The van der Waals surface area contributed by atoms with Crippen molar-refractivity contribution in [2.24, 2.45) is 0 Å². The highest BCUT2D eigenvalue weighted by Crippen LogP contribution is 2.40. The van der Waals surface area contributed by atoms with E-state index in [9.17, 15) is 13.2 Å². The van der Waals surface area contributed by atoms with Gasteiger partial charge in [0.25, 0.3) is 0 Å². The lowest BCUT2D eigenvalue weighted by molar-refractivity contribution is -0.138. The molecular formula is C16H16F3NS. The summed E-state index contributed by atoms with van der Waals surface area (Å²) in [7, 11) is 1.71. The van der Waals surface area contributed by atoms with Crippen molar-refractivity contribution in [1.82, 2.24) is 5.32 Å². The second kappa shape index (κ2) is 5.46. The zero-order valence-corrected chi connectivity index (χ0v) is 12.4. The van der Waals surface area contributed by atoms with Gasteiger partial charge in [-0.3, -0.25) is 0 Å². The molecule has 5 heteroatoms. The van der Waals surface area contributed by atoms with Crippen LogP contribution in [0.5, 0.6) is 0 Å². The van der Waals surface area contributed by atoms with Crippen molar-refractivity contribution in [3.05, 3.63) is 56.8 Å². The third kappa shape index (κ3) is 2.72. The first-order valence-electron chi connectivity index (χ1n) is 6.95. The van der Waals surface area contributed by atoms with E-state index in [1.807, 2.05) is 0 Å². The Morgan fingerprint density at radius 3 is 2.62 bits per heavy atom. The third-order valence-electron chi connectivity index (χ3n) is 3.92. The maximum absolute atomic E-state index is 13.2. The Morgan fingerprint density at radius 2 is 1.95 bits per heavy atom. The van der Waals surface area contributed by atoms with Gasteiger partial charge in [0.05, 0.1) is 11.6 Å². The van der Waals surface area contributed by atoms with Crippen LogP contribution in [0.3, 0.4) is 0 Å². The van der Waals surface area contributed by atoms with Crippen LogP contribution in [-0.4, -0.2) is 7.05 Å². The van der Waals surface area contributed by atoms with Crippen molar-refractivity contribution in [2.45, 2.75) is 31.5 Å².